The molecule has 0 atom stereocenters. The van der Waals surface area contributed by atoms with Crippen LogP contribution in [0.3, 0.4) is 0 Å². The van der Waals surface area contributed by atoms with Crippen LogP contribution in [0.15, 0.2) is 29.5 Å². The van der Waals surface area contributed by atoms with Crippen LogP contribution < -0.4 is 15.4 Å². The minimum atomic E-state index is 0.517. The number of nitrogens with one attached hydrogen (secondary N) is 2. The van der Waals surface area contributed by atoms with E-state index in [0.717, 1.165) is 44.3 Å². The standard InChI is InChI=1S/C17H24Cl2N6O/c1-3-16-24-23-12-25(16)9-8-22-17(20-2)21-7-4-10-26-15-6-5-13(18)11-14(15)19/h5-6,11-12H,3-4,7-10H2,1-2H3,(H2,20,21,22). The number of aromatic nitrogens is 3. The number of rotatable bonds is 9. The number of hydrogen-bond donors (Lipinski definition) is 2. The molecule has 0 saturated heterocycles. The number of halogens is 2. The molecule has 7 nitrogen and oxygen atoms in total. The number of nitrogens with zero attached hydrogens (tertiary/aromatic N) is 4. The summed E-state index contributed by atoms with van der Waals surface area (Å²) in [5.41, 5.74) is 0. The molecule has 0 unspecified atom stereocenters. The molecule has 0 saturated carbocycles. The molecule has 0 bridgehead atoms. The largest absolute Gasteiger partial charge is 0.492 e. The molecule has 0 aliphatic heterocycles. The Bertz CT molecular complexity index is 719. The van der Waals surface area contributed by atoms with Crippen LogP contribution in [0.1, 0.15) is 19.2 Å². The summed E-state index contributed by atoms with van der Waals surface area (Å²) in [5, 5.41) is 15.6. The van der Waals surface area contributed by atoms with E-state index in [-0.39, 0.29) is 0 Å². The van der Waals surface area contributed by atoms with Crippen molar-refractivity contribution in [2.75, 3.05) is 26.7 Å². The van der Waals surface area contributed by atoms with Crippen molar-refractivity contribution in [2.24, 2.45) is 4.99 Å². The van der Waals surface area contributed by atoms with Gasteiger partial charge in [0, 0.05) is 38.1 Å². The summed E-state index contributed by atoms with van der Waals surface area (Å²) in [6.45, 7) is 4.87. The lowest BCUT2D eigenvalue weighted by molar-refractivity contribution is 0.311. The van der Waals surface area contributed by atoms with Gasteiger partial charge in [-0.15, -0.1) is 10.2 Å². The molecule has 2 aromatic rings. The first-order chi connectivity index (χ1) is 12.6. The fourth-order valence-electron chi connectivity index (χ4n) is 2.31. The van der Waals surface area contributed by atoms with Crippen LogP contribution in [0, 0.1) is 0 Å². The lowest BCUT2D eigenvalue weighted by Crippen LogP contribution is -2.39. The highest BCUT2D eigenvalue weighted by Crippen LogP contribution is 2.27. The van der Waals surface area contributed by atoms with E-state index in [4.69, 9.17) is 27.9 Å². The smallest absolute Gasteiger partial charge is 0.191 e. The van der Waals surface area contributed by atoms with Crippen molar-refractivity contribution in [3.63, 3.8) is 0 Å². The third-order valence-electron chi connectivity index (χ3n) is 3.65. The number of hydrogen-bond acceptors (Lipinski definition) is 4. The summed E-state index contributed by atoms with van der Waals surface area (Å²) in [6, 6.07) is 5.20. The molecule has 142 valence electrons. The first-order valence-electron chi connectivity index (χ1n) is 8.53. The monoisotopic (exact) mass is 398 g/mol. The summed E-state index contributed by atoms with van der Waals surface area (Å²) in [7, 11) is 1.75. The van der Waals surface area contributed by atoms with E-state index in [1.54, 1.807) is 31.6 Å². The van der Waals surface area contributed by atoms with Crippen LogP contribution >= 0.6 is 23.2 Å². The summed E-state index contributed by atoms with van der Waals surface area (Å²) in [6.07, 6.45) is 3.42. The fourth-order valence-corrected chi connectivity index (χ4v) is 2.77. The summed E-state index contributed by atoms with van der Waals surface area (Å²) >= 11 is 11.9. The fraction of sp³-hybridized carbons (Fsp3) is 0.471. The Morgan fingerprint density at radius 3 is 2.81 bits per heavy atom. The highest BCUT2D eigenvalue weighted by atomic mass is 35.5. The zero-order chi connectivity index (χ0) is 18.8. The minimum absolute atomic E-state index is 0.517. The molecule has 0 aliphatic rings. The average Bonchev–Trinajstić information content (AvgIpc) is 3.09. The quantitative estimate of drug-likeness (QED) is 0.385. The van der Waals surface area contributed by atoms with Gasteiger partial charge < -0.3 is 19.9 Å². The van der Waals surface area contributed by atoms with Gasteiger partial charge in [-0.3, -0.25) is 4.99 Å². The van der Waals surface area contributed by atoms with Crippen molar-refractivity contribution in [1.82, 2.24) is 25.4 Å². The predicted molar refractivity (Wildman–Crippen MR) is 105 cm³/mol. The Hall–Kier alpha value is -1.99. The van der Waals surface area contributed by atoms with E-state index in [2.05, 4.69) is 32.7 Å². The SMILES string of the molecule is CCc1nncn1CCNC(=NC)NCCCOc1ccc(Cl)cc1Cl. The third kappa shape index (κ3) is 6.38. The van der Waals surface area contributed by atoms with Crippen molar-refractivity contribution >= 4 is 29.2 Å². The zero-order valence-electron chi connectivity index (χ0n) is 15.0. The van der Waals surface area contributed by atoms with Crippen LogP contribution in [0.2, 0.25) is 10.0 Å². The van der Waals surface area contributed by atoms with Gasteiger partial charge in [0.05, 0.1) is 11.6 Å². The Labute approximate surface area is 163 Å². The number of ether oxygens (including phenoxy) is 1. The van der Waals surface area contributed by atoms with Crippen molar-refractivity contribution in [1.29, 1.82) is 0 Å². The zero-order valence-corrected chi connectivity index (χ0v) is 16.5. The number of benzene rings is 1. The van der Waals surface area contributed by atoms with Gasteiger partial charge in [0.1, 0.15) is 17.9 Å². The second kappa shape index (κ2) is 10.9. The number of guanidine groups is 1. The highest BCUT2D eigenvalue weighted by Gasteiger charge is 2.04. The Morgan fingerprint density at radius 1 is 1.27 bits per heavy atom. The van der Waals surface area contributed by atoms with E-state index in [1.165, 1.54) is 0 Å². The molecule has 2 N–H and O–H groups in total. The topological polar surface area (TPSA) is 76.4 Å². The molecule has 0 amide bonds. The number of aryl methyl sites for hydroxylation is 1. The van der Waals surface area contributed by atoms with Crippen LogP contribution in [0.5, 0.6) is 5.75 Å². The van der Waals surface area contributed by atoms with Gasteiger partial charge >= 0.3 is 0 Å². The molecule has 0 radical (unpaired) electrons. The Balaban J connectivity index is 1.62. The molecule has 2 rings (SSSR count). The van der Waals surface area contributed by atoms with E-state index in [0.29, 0.717) is 22.4 Å². The van der Waals surface area contributed by atoms with Gasteiger partial charge in [0.25, 0.3) is 0 Å². The lowest BCUT2D eigenvalue weighted by Gasteiger charge is -2.13. The summed E-state index contributed by atoms with van der Waals surface area (Å²) in [4.78, 5) is 4.21. The predicted octanol–water partition coefficient (Wildman–Crippen LogP) is 2.78. The maximum Gasteiger partial charge on any atom is 0.191 e. The van der Waals surface area contributed by atoms with Crippen molar-refractivity contribution in [2.45, 2.75) is 26.3 Å². The van der Waals surface area contributed by atoms with Gasteiger partial charge in [0.15, 0.2) is 5.96 Å². The molecule has 1 aromatic heterocycles. The Morgan fingerprint density at radius 2 is 2.08 bits per heavy atom. The lowest BCUT2D eigenvalue weighted by atomic mass is 10.3. The average molecular weight is 399 g/mol. The van der Waals surface area contributed by atoms with Gasteiger partial charge in [-0.1, -0.05) is 30.1 Å². The molecule has 0 spiro atoms. The molecule has 0 fully saturated rings. The maximum atomic E-state index is 6.07. The van der Waals surface area contributed by atoms with Crippen LogP contribution in [0.4, 0.5) is 0 Å². The summed E-state index contributed by atoms with van der Waals surface area (Å²) in [5.74, 6) is 2.37. The summed E-state index contributed by atoms with van der Waals surface area (Å²) < 4.78 is 7.69. The molecule has 0 aliphatic carbocycles. The van der Waals surface area contributed by atoms with Crippen molar-refractivity contribution < 1.29 is 4.74 Å². The second-order valence-electron chi connectivity index (χ2n) is 5.50. The van der Waals surface area contributed by atoms with Gasteiger partial charge in [-0.2, -0.15) is 0 Å². The molecular weight excluding hydrogens is 375 g/mol. The van der Waals surface area contributed by atoms with Crippen molar-refractivity contribution in [3.05, 3.63) is 40.4 Å². The molecular formula is C17H24Cl2N6O. The van der Waals surface area contributed by atoms with Gasteiger partial charge in [0.2, 0.25) is 0 Å². The Kier molecular flexibility index (Phi) is 8.50. The van der Waals surface area contributed by atoms with Crippen LogP contribution in [-0.4, -0.2) is 47.5 Å². The van der Waals surface area contributed by atoms with Crippen LogP contribution in [0.25, 0.3) is 0 Å². The maximum absolute atomic E-state index is 6.07. The van der Waals surface area contributed by atoms with Gasteiger partial charge in [-0.05, 0) is 24.6 Å². The highest BCUT2D eigenvalue weighted by molar-refractivity contribution is 6.35. The normalized spacial score (nSPS) is 11.5. The third-order valence-corrected chi connectivity index (χ3v) is 4.18. The van der Waals surface area contributed by atoms with E-state index < -0.39 is 0 Å². The van der Waals surface area contributed by atoms with E-state index >= 15 is 0 Å². The minimum Gasteiger partial charge on any atom is -0.492 e. The second-order valence-corrected chi connectivity index (χ2v) is 6.34. The molecule has 9 heteroatoms. The first kappa shape index (κ1) is 20.3. The van der Waals surface area contributed by atoms with Crippen molar-refractivity contribution in [3.8, 4) is 5.75 Å². The van der Waals surface area contributed by atoms with Crippen LogP contribution in [-0.2, 0) is 13.0 Å². The van der Waals surface area contributed by atoms with E-state index in [9.17, 15) is 0 Å². The first-order valence-corrected chi connectivity index (χ1v) is 9.28. The molecule has 1 heterocycles. The van der Waals surface area contributed by atoms with E-state index in [1.807, 2.05) is 4.57 Å². The van der Waals surface area contributed by atoms with Gasteiger partial charge in [-0.25, -0.2) is 0 Å². The molecule has 26 heavy (non-hydrogen) atoms. The number of aliphatic imine (C=N–C) groups is 1. The molecule has 1 aromatic carbocycles.